The number of anilines is 2. The Morgan fingerprint density at radius 3 is 1.82 bits per heavy atom. The van der Waals surface area contributed by atoms with Crippen molar-refractivity contribution in [1.82, 2.24) is 14.9 Å². The number of methoxy groups -OCH3 is 2. The minimum absolute atomic E-state index is 0.0125. The molecule has 1 heterocycles. The van der Waals surface area contributed by atoms with Crippen molar-refractivity contribution in [2.75, 3.05) is 78.0 Å². The molecule has 10 nitrogen and oxygen atoms in total. The van der Waals surface area contributed by atoms with Gasteiger partial charge in [-0.15, -0.1) is 0 Å². The van der Waals surface area contributed by atoms with Gasteiger partial charge >= 0.3 is 0 Å². The molecule has 0 atom stereocenters. The maximum atomic E-state index is 13.0. The van der Waals surface area contributed by atoms with Crippen LogP contribution in [0.1, 0.15) is 43.5 Å². The molecule has 240 valence electrons. The molecule has 0 aliphatic rings. The minimum atomic E-state index is -0.532. The van der Waals surface area contributed by atoms with Crippen molar-refractivity contribution in [3.05, 3.63) is 70.5 Å². The summed E-state index contributed by atoms with van der Waals surface area (Å²) >= 11 is 6.01. The van der Waals surface area contributed by atoms with E-state index >= 15 is 0 Å². The van der Waals surface area contributed by atoms with Crippen molar-refractivity contribution in [2.24, 2.45) is 4.99 Å². The number of hydrogen-bond acceptors (Lipinski definition) is 9. The van der Waals surface area contributed by atoms with Crippen molar-refractivity contribution in [1.29, 1.82) is 0 Å². The number of aryl methyl sites for hydroxylation is 2. The van der Waals surface area contributed by atoms with Crippen LogP contribution >= 0.6 is 11.6 Å². The first kappa shape index (κ1) is 34.9. The zero-order valence-corrected chi connectivity index (χ0v) is 27.4. The fraction of sp³-hybridized carbons (Fsp3) is 0.485. The molecule has 0 fully saturated rings. The third kappa shape index (κ3) is 10.5. The SMILES string of the molecule is CCN(CC)CC[N+](CCCc1ccc(OC)cc1)(CCCc1ccc(OC)cc1)CCN=C([O-])c1nc(Cl)c(N)nc1N. The number of nitrogens with zero attached hydrogens (tertiary/aromatic N) is 5. The maximum Gasteiger partial charge on any atom is 0.172 e. The molecule has 3 aromatic rings. The molecule has 0 aliphatic carbocycles. The lowest BCUT2D eigenvalue weighted by atomic mass is 10.1. The lowest BCUT2D eigenvalue weighted by molar-refractivity contribution is -0.926. The average molecular weight is 626 g/mol. The van der Waals surface area contributed by atoms with Crippen LogP contribution < -0.4 is 26.0 Å². The summed E-state index contributed by atoms with van der Waals surface area (Å²) in [5.41, 5.74) is 14.1. The van der Waals surface area contributed by atoms with E-state index in [0.717, 1.165) is 80.9 Å². The van der Waals surface area contributed by atoms with Gasteiger partial charge in [0.05, 0.1) is 46.9 Å². The first-order valence-corrected chi connectivity index (χ1v) is 15.7. The topological polar surface area (TPSA) is 135 Å². The number of likely N-dealkylation sites (N-methyl/N-ethyl adjacent to an activating group) is 1. The summed E-state index contributed by atoms with van der Waals surface area (Å²) in [4.78, 5) is 14.8. The molecule has 0 saturated heterocycles. The van der Waals surface area contributed by atoms with Crippen LogP contribution in [-0.4, -0.2) is 91.8 Å². The molecule has 4 N–H and O–H groups in total. The zero-order chi connectivity index (χ0) is 32.0. The highest BCUT2D eigenvalue weighted by Gasteiger charge is 2.27. The van der Waals surface area contributed by atoms with Gasteiger partial charge in [0.15, 0.2) is 16.8 Å². The monoisotopic (exact) mass is 625 g/mol. The molecular weight excluding hydrogens is 578 g/mol. The lowest BCUT2D eigenvalue weighted by Gasteiger charge is -2.40. The van der Waals surface area contributed by atoms with E-state index in [1.54, 1.807) is 14.2 Å². The van der Waals surface area contributed by atoms with Gasteiger partial charge in [0, 0.05) is 25.3 Å². The molecule has 11 heteroatoms. The molecular formula is C33H48ClN7O3. The minimum Gasteiger partial charge on any atom is -0.857 e. The van der Waals surface area contributed by atoms with Gasteiger partial charge in [0.25, 0.3) is 0 Å². The Hall–Kier alpha value is -3.60. The molecule has 0 unspecified atom stereocenters. The highest BCUT2D eigenvalue weighted by Crippen LogP contribution is 2.20. The van der Waals surface area contributed by atoms with E-state index < -0.39 is 5.90 Å². The van der Waals surface area contributed by atoms with Gasteiger partial charge in [-0.05, 0) is 61.3 Å². The normalized spacial score (nSPS) is 12.1. The third-order valence-electron chi connectivity index (χ3n) is 8.24. The second-order valence-corrected chi connectivity index (χ2v) is 11.3. The third-order valence-corrected chi connectivity index (χ3v) is 8.51. The second kappa shape index (κ2) is 17.6. The van der Waals surface area contributed by atoms with Gasteiger partial charge in [-0.1, -0.05) is 49.7 Å². The first-order chi connectivity index (χ1) is 21.2. The number of aromatic nitrogens is 2. The fourth-order valence-electron chi connectivity index (χ4n) is 5.42. The Bertz CT molecular complexity index is 1260. The number of rotatable bonds is 19. The summed E-state index contributed by atoms with van der Waals surface area (Å²) in [6, 6.07) is 16.6. The highest BCUT2D eigenvalue weighted by molar-refractivity contribution is 6.31. The van der Waals surface area contributed by atoms with Crippen LogP contribution in [0.25, 0.3) is 0 Å². The molecule has 1 aromatic heterocycles. The van der Waals surface area contributed by atoms with Crippen LogP contribution in [0.3, 0.4) is 0 Å². The average Bonchev–Trinajstić information content (AvgIpc) is 3.03. The Balaban J connectivity index is 1.81. The van der Waals surface area contributed by atoms with Gasteiger partial charge in [-0.25, -0.2) is 9.97 Å². The summed E-state index contributed by atoms with van der Waals surface area (Å²) in [5, 5.41) is 12.9. The van der Waals surface area contributed by atoms with Crippen LogP contribution in [-0.2, 0) is 12.8 Å². The molecule has 0 saturated carbocycles. The van der Waals surface area contributed by atoms with Gasteiger partial charge in [-0.3, -0.25) is 9.89 Å². The van der Waals surface area contributed by atoms with E-state index in [-0.39, 0.29) is 22.5 Å². The number of aliphatic imine (C=N–C) groups is 1. The molecule has 0 aliphatic heterocycles. The Morgan fingerprint density at radius 2 is 1.34 bits per heavy atom. The second-order valence-electron chi connectivity index (χ2n) is 11.0. The predicted molar refractivity (Wildman–Crippen MR) is 177 cm³/mol. The number of ether oxygens (including phenoxy) is 2. The van der Waals surface area contributed by atoms with E-state index in [4.69, 9.17) is 32.5 Å². The van der Waals surface area contributed by atoms with Crippen LogP contribution in [0.15, 0.2) is 53.5 Å². The molecule has 0 spiro atoms. The summed E-state index contributed by atoms with van der Waals surface area (Å²) in [5.74, 6) is 1.10. The van der Waals surface area contributed by atoms with Crippen molar-refractivity contribution in [3.8, 4) is 11.5 Å². The summed E-state index contributed by atoms with van der Waals surface area (Å²) in [6.07, 6.45) is 3.93. The summed E-state index contributed by atoms with van der Waals surface area (Å²) < 4.78 is 11.5. The standard InChI is InChI=1S/C33H48ClN7O3/c1-5-40(6-2)20-24-41(21-7-9-25-11-15-27(43-3)16-12-25,22-8-10-26-13-17-28(44-4)18-14-26)23-19-37-33(42)29-31(35)39-32(36)30(34)38-29/h11-18H,5-10,19-24H2,1-4H3,(H4-,35,36,37,39,42). The van der Waals surface area contributed by atoms with E-state index in [1.165, 1.54) is 11.1 Å². The molecule has 0 bridgehead atoms. The fourth-order valence-corrected chi connectivity index (χ4v) is 5.55. The number of nitrogens with two attached hydrogens (primary N) is 2. The molecule has 2 aromatic carbocycles. The molecule has 3 rings (SSSR count). The van der Waals surface area contributed by atoms with Crippen molar-refractivity contribution >= 4 is 29.1 Å². The largest absolute Gasteiger partial charge is 0.857 e. The van der Waals surface area contributed by atoms with E-state index in [0.29, 0.717) is 13.1 Å². The number of nitrogen functional groups attached to an aromatic ring is 2. The van der Waals surface area contributed by atoms with Crippen LogP contribution in [0.4, 0.5) is 11.6 Å². The van der Waals surface area contributed by atoms with Gasteiger partial charge < -0.3 is 30.5 Å². The lowest BCUT2D eigenvalue weighted by Crippen LogP contribution is -2.54. The van der Waals surface area contributed by atoms with Crippen molar-refractivity contribution < 1.29 is 19.1 Å². The summed E-state index contributed by atoms with van der Waals surface area (Å²) in [6.45, 7) is 11.3. The Kier molecular flexibility index (Phi) is 14.0. The molecule has 0 radical (unpaired) electrons. The van der Waals surface area contributed by atoms with Crippen LogP contribution in [0.5, 0.6) is 11.5 Å². The van der Waals surface area contributed by atoms with Crippen LogP contribution in [0.2, 0.25) is 5.15 Å². The van der Waals surface area contributed by atoms with Crippen LogP contribution in [0, 0.1) is 0 Å². The predicted octanol–water partition coefficient (Wildman–Crippen LogP) is 3.84. The number of hydrogen-bond donors (Lipinski definition) is 2. The smallest absolute Gasteiger partial charge is 0.172 e. The number of quaternary nitrogens is 1. The highest BCUT2D eigenvalue weighted by atomic mass is 35.5. The first-order valence-electron chi connectivity index (χ1n) is 15.4. The van der Waals surface area contributed by atoms with Gasteiger partial charge in [0.2, 0.25) is 0 Å². The Labute approximate surface area is 267 Å². The molecule has 44 heavy (non-hydrogen) atoms. The van der Waals surface area contributed by atoms with Crippen molar-refractivity contribution in [2.45, 2.75) is 39.5 Å². The van der Waals surface area contributed by atoms with E-state index in [1.807, 2.05) is 24.3 Å². The number of benzene rings is 2. The molecule has 0 amide bonds. The Morgan fingerprint density at radius 1 is 0.818 bits per heavy atom. The van der Waals surface area contributed by atoms with E-state index in [9.17, 15) is 5.11 Å². The van der Waals surface area contributed by atoms with Gasteiger partial charge in [-0.2, -0.15) is 0 Å². The van der Waals surface area contributed by atoms with Crippen molar-refractivity contribution in [3.63, 3.8) is 0 Å². The maximum absolute atomic E-state index is 13.0. The van der Waals surface area contributed by atoms with E-state index in [2.05, 4.69) is 58.0 Å². The summed E-state index contributed by atoms with van der Waals surface area (Å²) in [7, 11) is 3.36. The quantitative estimate of drug-likeness (QED) is 0.117. The van der Waals surface area contributed by atoms with Gasteiger partial charge in [0.1, 0.15) is 17.2 Å². The zero-order valence-electron chi connectivity index (χ0n) is 26.6. The number of halogens is 1.